The third-order valence-electron chi connectivity index (χ3n) is 3.94. The molecule has 1 aliphatic rings. The van der Waals surface area contributed by atoms with Crippen molar-refractivity contribution >= 4 is 40.6 Å². The predicted molar refractivity (Wildman–Crippen MR) is 112 cm³/mol. The largest absolute Gasteiger partial charge is 0.490 e. The number of amides is 1. The standard InChI is InChI=1S/C21H18N2O4S/c1-3-12-27-15-10-8-14(9-11-15)13-18-19(24)22-21(28-18)23(2)17-7-5-4-6-16(17)20(25)26/h3-11,13H,1,12H2,2H3,(H,25,26)/b18-13-. The number of hydrogen-bond acceptors (Lipinski definition) is 5. The van der Waals surface area contributed by atoms with Crippen LogP contribution < -0.4 is 9.64 Å². The van der Waals surface area contributed by atoms with E-state index < -0.39 is 5.97 Å². The molecule has 28 heavy (non-hydrogen) atoms. The lowest BCUT2D eigenvalue weighted by Crippen LogP contribution is -2.24. The number of anilines is 1. The van der Waals surface area contributed by atoms with E-state index in [-0.39, 0.29) is 11.5 Å². The van der Waals surface area contributed by atoms with E-state index in [4.69, 9.17) is 4.74 Å². The summed E-state index contributed by atoms with van der Waals surface area (Å²) in [7, 11) is 1.69. The van der Waals surface area contributed by atoms with E-state index in [9.17, 15) is 14.7 Å². The molecule has 2 aromatic carbocycles. The number of para-hydroxylation sites is 1. The molecule has 7 heteroatoms. The fourth-order valence-corrected chi connectivity index (χ4v) is 3.45. The van der Waals surface area contributed by atoms with E-state index in [0.29, 0.717) is 22.4 Å². The van der Waals surface area contributed by atoms with Gasteiger partial charge in [-0.1, -0.05) is 36.9 Å². The molecule has 0 fully saturated rings. The Kier molecular flexibility index (Phi) is 5.96. The summed E-state index contributed by atoms with van der Waals surface area (Å²) in [4.78, 5) is 29.9. The molecule has 0 unspecified atom stereocenters. The summed E-state index contributed by atoms with van der Waals surface area (Å²) in [5.74, 6) is -0.673. The van der Waals surface area contributed by atoms with Gasteiger partial charge in [0, 0.05) is 7.05 Å². The van der Waals surface area contributed by atoms with Gasteiger partial charge in [0.25, 0.3) is 5.91 Å². The number of carbonyl (C=O) groups is 2. The van der Waals surface area contributed by atoms with Crippen LogP contribution in [0.25, 0.3) is 6.08 Å². The zero-order chi connectivity index (χ0) is 20.1. The maximum absolute atomic E-state index is 12.3. The van der Waals surface area contributed by atoms with Crippen molar-refractivity contribution in [1.82, 2.24) is 0 Å². The van der Waals surface area contributed by atoms with Gasteiger partial charge in [-0.2, -0.15) is 4.99 Å². The second-order valence-corrected chi connectivity index (χ2v) is 6.87. The van der Waals surface area contributed by atoms with Crippen molar-refractivity contribution in [3.05, 3.63) is 77.2 Å². The Morgan fingerprint density at radius 1 is 1.25 bits per heavy atom. The predicted octanol–water partition coefficient (Wildman–Crippen LogP) is 4.06. The van der Waals surface area contributed by atoms with Crippen LogP contribution in [0.5, 0.6) is 5.75 Å². The average molecular weight is 394 g/mol. The maximum Gasteiger partial charge on any atom is 0.337 e. The first kappa shape index (κ1) is 19.4. The summed E-state index contributed by atoms with van der Waals surface area (Å²) in [6, 6.07) is 13.9. The average Bonchev–Trinajstić information content (AvgIpc) is 3.07. The van der Waals surface area contributed by atoms with E-state index in [1.165, 1.54) is 17.8 Å². The highest BCUT2D eigenvalue weighted by molar-refractivity contribution is 8.18. The molecule has 0 aliphatic carbocycles. The number of ether oxygens (including phenoxy) is 1. The normalized spacial score (nSPS) is 14.7. The summed E-state index contributed by atoms with van der Waals surface area (Å²) >= 11 is 1.21. The highest BCUT2D eigenvalue weighted by Crippen LogP contribution is 2.33. The Bertz CT molecular complexity index is 980. The molecule has 0 atom stereocenters. The van der Waals surface area contributed by atoms with Crippen molar-refractivity contribution in [2.24, 2.45) is 4.99 Å². The molecule has 1 aliphatic heterocycles. The number of rotatable bonds is 6. The minimum atomic E-state index is -1.04. The minimum absolute atomic E-state index is 0.147. The third-order valence-corrected chi connectivity index (χ3v) is 5.00. The number of carbonyl (C=O) groups excluding carboxylic acids is 1. The fourth-order valence-electron chi connectivity index (χ4n) is 2.56. The number of amidine groups is 1. The van der Waals surface area contributed by atoms with E-state index in [0.717, 1.165) is 11.3 Å². The molecule has 0 spiro atoms. The van der Waals surface area contributed by atoms with Crippen LogP contribution in [-0.2, 0) is 4.79 Å². The lowest BCUT2D eigenvalue weighted by atomic mass is 10.1. The summed E-state index contributed by atoms with van der Waals surface area (Å²) in [6.45, 7) is 4.03. The second-order valence-electron chi connectivity index (χ2n) is 5.86. The van der Waals surface area contributed by atoms with Crippen LogP contribution in [0.4, 0.5) is 5.69 Å². The molecular weight excluding hydrogens is 376 g/mol. The zero-order valence-corrected chi connectivity index (χ0v) is 16.0. The zero-order valence-electron chi connectivity index (χ0n) is 15.2. The summed E-state index contributed by atoms with van der Waals surface area (Å²) < 4.78 is 5.44. The van der Waals surface area contributed by atoms with Crippen LogP contribution in [0.15, 0.2) is 71.1 Å². The number of nitrogens with zero attached hydrogens (tertiary/aromatic N) is 2. The fraction of sp³-hybridized carbons (Fsp3) is 0.0952. The van der Waals surface area contributed by atoms with Crippen molar-refractivity contribution in [2.75, 3.05) is 18.6 Å². The smallest absolute Gasteiger partial charge is 0.337 e. The summed E-state index contributed by atoms with van der Waals surface area (Å²) in [6.07, 6.45) is 3.42. The summed E-state index contributed by atoms with van der Waals surface area (Å²) in [5, 5.41) is 9.79. The first-order valence-corrected chi connectivity index (χ1v) is 9.23. The van der Waals surface area contributed by atoms with Crippen LogP contribution in [-0.4, -0.2) is 35.8 Å². The first-order valence-electron chi connectivity index (χ1n) is 8.42. The van der Waals surface area contributed by atoms with Crippen LogP contribution >= 0.6 is 11.8 Å². The van der Waals surface area contributed by atoms with Gasteiger partial charge in [0.1, 0.15) is 12.4 Å². The molecule has 1 N–H and O–H groups in total. The molecule has 1 heterocycles. The van der Waals surface area contributed by atoms with Gasteiger partial charge in [-0.05, 0) is 47.7 Å². The summed E-state index contributed by atoms with van der Waals surface area (Å²) in [5.41, 5.74) is 1.46. The molecule has 0 bridgehead atoms. The lowest BCUT2D eigenvalue weighted by Gasteiger charge is -2.19. The Morgan fingerprint density at radius 2 is 1.96 bits per heavy atom. The second kappa shape index (κ2) is 8.58. The molecule has 0 radical (unpaired) electrons. The topological polar surface area (TPSA) is 79.2 Å². The highest BCUT2D eigenvalue weighted by atomic mass is 32.2. The highest BCUT2D eigenvalue weighted by Gasteiger charge is 2.26. The van der Waals surface area contributed by atoms with Gasteiger partial charge in [-0.3, -0.25) is 4.79 Å². The Labute approximate surface area is 166 Å². The molecule has 6 nitrogen and oxygen atoms in total. The van der Waals surface area contributed by atoms with E-state index in [1.54, 1.807) is 42.3 Å². The van der Waals surface area contributed by atoms with Gasteiger partial charge in [0.2, 0.25) is 0 Å². The number of aliphatic imine (C=N–C) groups is 1. The number of hydrogen-bond donors (Lipinski definition) is 1. The number of carboxylic acids is 1. The van der Waals surface area contributed by atoms with Crippen molar-refractivity contribution in [1.29, 1.82) is 0 Å². The molecule has 0 saturated carbocycles. The Morgan fingerprint density at radius 3 is 2.64 bits per heavy atom. The van der Waals surface area contributed by atoms with Crippen molar-refractivity contribution in [3.63, 3.8) is 0 Å². The minimum Gasteiger partial charge on any atom is -0.490 e. The Hall–Kier alpha value is -3.32. The molecule has 0 saturated heterocycles. The molecular formula is C21H18N2O4S. The van der Waals surface area contributed by atoms with Crippen LogP contribution in [0.1, 0.15) is 15.9 Å². The maximum atomic E-state index is 12.3. The van der Waals surface area contributed by atoms with Gasteiger partial charge in [0.15, 0.2) is 5.17 Å². The van der Waals surface area contributed by atoms with Crippen LogP contribution in [0.3, 0.4) is 0 Å². The van der Waals surface area contributed by atoms with Crippen LogP contribution in [0.2, 0.25) is 0 Å². The molecule has 0 aromatic heterocycles. The van der Waals surface area contributed by atoms with Crippen LogP contribution in [0, 0.1) is 0 Å². The third kappa shape index (κ3) is 4.32. The Balaban J connectivity index is 1.77. The van der Waals surface area contributed by atoms with Gasteiger partial charge < -0.3 is 14.7 Å². The molecule has 2 aromatic rings. The quantitative estimate of drug-likeness (QED) is 0.588. The lowest BCUT2D eigenvalue weighted by molar-refractivity contribution is -0.113. The molecule has 3 rings (SSSR count). The van der Waals surface area contributed by atoms with Gasteiger partial charge in [-0.25, -0.2) is 4.79 Å². The van der Waals surface area contributed by atoms with Gasteiger partial charge in [0.05, 0.1) is 16.2 Å². The van der Waals surface area contributed by atoms with Crippen molar-refractivity contribution < 1.29 is 19.4 Å². The SMILES string of the molecule is C=CCOc1ccc(/C=C2\SC(N(C)c3ccccc3C(=O)O)=NC2=O)cc1. The number of benzene rings is 2. The number of aromatic carboxylic acids is 1. The van der Waals surface area contributed by atoms with Crippen molar-refractivity contribution in [3.8, 4) is 5.75 Å². The number of carboxylic acid groups (broad SMARTS) is 1. The van der Waals surface area contributed by atoms with E-state index in [2.05, 4.69) is 11.6 Å². The van der Waals surface area contributed by atoms with Gasteiger partial charge >= 0.3 is 5.97 Å². The number of thioether (sulfide) groups is 1. The molecule has 142 valence electrons. The van der Waals surface area contributed by atoms with Crippen molar-refractivity contribution in [2.45, 2.75) is 0 Å². The monoisotopic (exact) mass is 394 g/mol. The van der Waals surface area contributed by atoms with E-state index in [1.807, 2.05) is 24.3 Å². The van der Waals surface area contributed by atoms with Gasteiger partial charge in [-0.15, -0.1) is 0 Å². The first-order chi connectivity index (χ1) is 13.5. The van der Waals surface area contributed by atoms with E-state index >= 15 is 0 Å². The molecule has 1 amide bonds.